The largest absolute Gasteiger partial charge is 0.343 e. The Morgan fingerprint density at radius 2 is 2.10 bits per heavy atom. The van der Waals surface area contributed by atoms with Crippen LogP contribution < -0.4 is 5.56 Å². The summed E-state index contributed by atoms with van der Waals surface area (Å²) in [5.41, 5.74) is 1.51. The Morgan fingerprint density at radius 3 is 2.76 bits per heavy atom. The molecule has 0 bridgehead atoms. The van der Waals surface area contributed by atoms with Crippen molar-refractivity contribution in [1.82, 2.24) is 14.5 Å². The van der Waals surface area contributed by atoms with Crippen LogP contribution >= 0.6 is 11.3 Å². The van der Waals surface area contributed by atoms with E-state index in [1.54, 1.807) is 22.2 Å². The molecule has 0 saturated carbocycles. The highest BCUT2D eigenvalue weighted by Crippen LogP contribution is 2.41. The minimum Gasteiger partial charge on any atom is -0.343 e. The average Bonchev–Trinajstić information content (AvgIpc) is 3.05. The van der Waals surface area contributed by atoms with Crippen molar-refractivity contribution in [2.45, 2.75) is 79.7 Å². The lowest BCUT2D eigenvalue weighted by molar-refractivity contribution is -0.131. The highest BCUT2D eigenvalue weighted by Gasteiger charge is 2.31. The topological polar surface area (TPSA) is 55.2 Å². The summed E-state index contributed by atoms with van der Waals surface area (Å²) < 4.78 is 1.64. The molecular formula is C23H35N3O2S. The molecule has 29 heavy (non-hydrogen) atoms. The van der Waals surface area contributed by atoms with Crippen LogP contribution in [0.15, 0.2) is 11.1 Å². The highest BCUT2D eigenvalue weighted by molar-refractivity contribution is 7.18. The summed E-state index contributed by atoms with van der Waals surface area (Å²) in [5, 5.41) is 0.797. The van der Waals surface area contributed by atoms with Gasteiger partial charge in [0.1, 0.15) is 4.83 Å². The Labute approximate surface area is 178 Å². The normalized spacial score (nSPS) is 16.8. The lowest BCUT2D eigenvalue weighted by Gasteiger charge is -2.33. The minimum atomic E-state index is 0.0196. The molecule has 0 radical (unpaired) electrons. The molecule has 6 heteroatoms. The zero-order valence-corrected chi connectivity index (χ0v) is 19.4. The number of carbonyl (C=O) groups is 1. The van der Waals surface area contributed by atoms with Gasteiger partial charge >= 0.3 is 0 Å². The Bertz CT molecular complexity index is 923. The summed E-state index contributed by atoms with van der Waals surface area (Å²) in [6.07, 6.45) is 7.19. The standard InChI is InChI=1S/C23H35N3O2S/c1-6-8-12-25(7-2)19(27)11-13-26-15-24-21-20(22(26)28)17-10-9-16(23(3,4)5)14-18(17)29-21/h15-16H,6-14H2,1-5H3. The number of hydrogen-bond acceptors (Lipinski definition) is 4. The molecule has 0 spiro atoms. The molecule has 2 aromatic rings. The van der Waals surface area contributed by atoms with Crippen LogP contribution in [0.1, 0.15) is 70.7 Å². The van der Waals surface area contributed by atoms with Crippen LogP contribution in [0.25, 0.3) is 10.2 Å². The highest BCUT2D eigenvalue weighted by atomic mass is 32.1. The first kappa shape index (κ1) is 22.0. The van der Waals surface area contributed by atoms with Crippen LogP contribution in [0.5, 0.6) is 0 Å². The first-order valence-corrected chi connectivity index (χ1v) is 11.8. The second-order valence-electron chi connectivity index (χ2n) is 9.31. The number of aromatic nitrogens is 2. The van der Waals surface area contributed by atoms with Gasteiger partial charge in [-0.25, -0.2) is 4.98 Å². The van der Waals surface area contributed by atoms with E-state index in [1.165, 1.54) is 10.4 Å². The molecule has 1 amide bonds. The van der Waals surface area contributed by atoms with E-state index in [9.17, 15) is 9.59 Å². The molecule has 5 nitrogen and oxygen atoms in total. The molecule has 3 rings (SSSR count). The summed E-state index contributed by atoms with van der Waals surface area (Å²) in [5.74, 6) is 0.763. The molecule has 2 heterocycles. The van der Waals surface area contributed by atoms with E-state index < -0.39 is 0 Å². The first-order chi connectivity index (χ1) is 13.8. The van der Waals surface area contributed by atoms with Gasteiger partial charge < -0.3 is 4.90 Å². The van der Waals surface area contributed by atoms with E-state index in [1.807, 2.05) is 11.8 Å². The smallest absolute Gasteiger partial charge is 0.262 e. The molecule has 1 aliphatic carbocycles. The summed E-state index contributed by atoms with van der Waals surface area (Å²) in [6.45, 7) is 13.0. The predicted octanol–water partition coefficient (Wildman–Crippen LogP) is 4.65. The van der Waals surface area contributed by atoms with Crippen LogP contribution in [0.4, 0.5) is 0 Å². The Balaban J connectivity index is 1.79. The molecular weight excluding hydrogens is 382 g/mol. The third-order valence-electron chi connectivity index (χ3n) is 6.34. The Hall–Kier alpha value is -1.69. The van der Waals surface area contributed by atoms with Crippen LogP contribution in [0.2, 0.25) is 0 Å². The van der Waals surface area contributed by atoms with Gasteiger partial charge in [-0.3, -0.25) is 14.2 Å². The Kier molecular flexibility index (Phi) is 6.82. The monoisotopic (exact) mass is 417 g/mol. The first-order valence-electron chi connectivity index (χ1n) is 11.0. The van der Waals surface area contributed by atoms with Gasteiger partial charge in [0.25, 0.3) is 5.56 Å². The van der Waals surface area contributed by atoms with Crippen molar-refractivity contribution in [3.05, 3.63) is 27.1 Å². The number of aryl methyl sites for hydroxylation is 2. The second kappa shape index (κ2) is 8.99. The number of thiophene rings is 1. The zero-order valence-electron chi connectivity index (χ0n) is 18.6. The maximum absolute atomic E-state index is 13.2. The summed E-state index contributed by atoms with van der Waals surface area (Å²) >= 11 is 1.68. The number of hydrogen-bond donors (Lipinski definition) is 0. The quantitative estimate of drug-likeness (QED) is 0.659. The van der Waals surface area contributed by atoms with E-state index in [0.29, 0.717) is 18.9 Å². The van der Waals surface area contributed by atoms with Gasteiger partial charge in [-0.1, -0.05) is 34.1 Å². The number of rotatable bonds is 7. The molecule has 0 fully saturated rings. The number of fused-ring (bicyclic) bond motifs is 3. The molecule has 1 atom stereocenters. The summed E-state index contributed by atoms with van der Waals surface area (Å²) in [6, 6.07) is 0. The maximum atomic E-state index is 13.2. The van der Waals surface area contributed by atoms with Crippen molar-refractivity contribution >= 4 is 27.5 Å². The lowest BCUT2D eigenvalue weighted by atomic mass is 9.72. The number of amides is 1. The van der Waals surface area contributed by atoms with E-state index in [4.69, 9.17) is 0 Å². The van der Waals surface area contributed by atoms with Gasteiger partial charge in [0.15, 0.2) is 0 Å². The zero-order chi connectivity index (χ0) is 21.2. The van der Waals surface area contributed by atoms with Gasteiger partial charge in [0.05, 0.1) is 11.7 Å². The van der Waals surface area contributed by atoms with Gasteiger partial charge in [-0.15, -0.1) is 11.3 Å². The van der Waals surface area contributed by atoms with Crippen LogP contribution in [0.3, 0.4) is 0 Å². The maximum Gasteiger partial charge on any atom is 0.262 e. The van der Waals surface area contributed by atoms with Gasteiger partial charge in [-0.05, 0) is 49.5 Å². The number of unbranched alkanes of at least 4 members (excludes halogenated alkanes) is 1. The fourth-order valence-corrected chi connectivity index (χ4v) is 5.54. The van der Waals surface area contributed by atoms with E-state index in [2.05, 4.69) is 32.7 Å². The van der Waals surface area contributed by atoms with Crippen LogP contribution in [0, 0.1) is 11.3 Å². The van der Waals surface area contributed by atoms with Crippen molar-refractivity contribution in [2.24, 2.45) is 11.3 Å². The van der Waals surface area contributed by atoms with Crippen molar-refractivity contribution in [1.29, 1.82) is 0 Å². The van der Waals surface area contributed by atoms with Crippen molar-refractivity contribution in [2.75, 3.05) is 13.1 Å². The lowest BCUT2D eigenvalue weighted by Crippen LogP contribution is -2.33. The van der Waals surface area contributed by atoms with E-state index in [0.717, 1.165) is 55.4 Å². The number of nitrogens with zero attached hydrogens (tertiary/aromatic N) is 3. The van der Waals surface area contributed by atoms with E-state index in [-0.39, 0.29) is 16.9 Å². The molecule has 0 aromatic carbocycles. The summed E-state index contributed by atoms with van der Waals surface area (Å²) in [7, 11) is 0. The fourth-order valence-electron chi connectivity index (χ4n) is 4.28. The van der Waals surface area contributed by atoms with Gasteiger partial charge in [-0.2, -0.15) is 0 Å². The molecule has 0 saturated heterocycles. The molecule has 2 aromatic heterocycles. The fraction of sp³-hybridized carbons (Fsp3) is 0.696. The summed E-state index contributed by atoms with van der Waals surface area (Å²) in [4.78, 5) is 34.4. The predicted molar refractivity (Wildman–Crippen MR) is 121 cm³/mol. The Morgan fingerprint density at radius 1 is 1.34 bits per heavy atom. The molecule has 0 N–H and O–H groups in total. The van der Waals surface area contributed by atoms with Crippen molar-refractivity contribution in [3.8, 4) is 0 Å². The van der Waals surface area contributed by atoms with Gasteiger partial charge in [0.2, 0.25) is 5.91 Å². The molecule has 1 unspecified atom stereocenters. The minimum absolute atomic E-state index is 0.0196. The van der Waals surface area contributed by atoms with Crippen molar-refractivity contribution in [3.63, 3.8) is 0 Å². The van der Waals surface area contributed by atoms with E-state index >= 15 is 0 Å². The number of carbonyl (C=O) groups excluding carboxylic acids is 1. The average molecular weight is 418 g/mol. The molecule has 0 aliphatic heterocycles. The third kappa shape index (κ3) is 4.73. The van der Waals surface area contributed by atoms with Crippen LogP contribution in [-0.2, 0) is 24.2 Å². The van der Waals surface area contributed by atoms with Crippen molar-refractivity contribution < 1.29 is 4.79 Å². The van der Waals surface area contributed by atoms with Crippen LogP contribution in [-0.4, -0.2) is 33.4 Å². The SMILES string of the molecule is CCCCN(CC)C(=O)CCn1cnc2sc3c(c2c1=O)CCC(C(C)(C)C)C3. The molecule has 1 aliphatic rings. The third-order valence-corrected chi connectivity index (χ3v) is 7.51. The second-order valence-corrected chi connectivity index (χ2v) is 10.4. The molecule has 160 valence electrons. The van der Waals surface area contributed by atoms with Gasteiger partial charge in [0, 0.05) is 30.9 Å².